The molecular weight excluding hydrogens is 238 g/mol. The number of hydrogen-bond donors (Lipinski definition) is 2. The van der Waals surface area contributed by atoms with Crippen LogP contribution >= 0.6 is 0 Å². The normalized spacial score (nSPS) is 29.7. The van der Waals surface area contributed by atoms with Crippen molar-refractivity contribution in [3.63, 3.8) is 0 Å². The molecule has 1 fully saturated rings. The van der Waals surface area contributed by atoms with Crippen LogP contribution in [0.25, 0.3) is 0 Å². The molecule has 4 heteroatoms. The lowest BCUT2D eigenvalue weighted by Crippen LogP contribution is -2.39. The van der Waals surface area contributed by atoms with E-state index in [1.165, 1.54) is 0 Å². The summed E-state index contributed by atoms with van der Waals surface area (Å²) in [4.78, 5) is 0. The summed E-state index contributed by atoms with van der Waals surface area (Å²) >= 11 is 0. The van der Waals surface area contributed by atoms with E-state index in [2.05, 4.69) is 25.9 Å². The molecule has 1 heterocycles. The topological polar surface area (TPSA) is 64.1 Å². The van der Waals surface area contributed by atoms with Crippen LogP contribution in [-0.4, -0.2) is 21.4 Å². The Morgan fingerprint density at radius 3 is 2.58 bits per heavy atom. The Morgan fingerprint density at radius 2 is 2.11 bits per heavy atom. The van der Waals surface area contributed by atoms with E-state index in [9.17, 15) is 5.11 Å². The minimum Gasteiger partial charge on any atom is -0.388 e. The molecule has 0 amide bonds. The fraction of sp³-hybridized carbons (Fsp3) is 0.800. The van der Waals surface area contributed by atoms with Crippen molar-refractivity contribution in [1.29, 1.82) is 0 Å². The van der Waals surface area contributed by atoms with E-state index in [4.69, 9.17) is 5.73 Å². The van der Waals surface area contributed by atoms with Crippen LogP contribution in [0.5, 0.6) is 0 Å². The Bertz CT molecular complexity index is 405. The van der Waals surface area contributed by atoms with Gasteiger partial charge in [0.25, 0.3) is 0 Å². The van der Waals surface area contributed by atoms with Gasteiger partial charge >= 0.3 is 0 Å². The molecule has 19 heavy (non-hydrogen) atoms. The van der Waals surface area contributed by atoms with Crippen molar-refractivity contribution in [2.45, 2.75) is 58.6 Å². The highest BCUT2D eigenvalue weighted by atomic mass is 16.3. The van der Waals surface area contributed by atoms with Gasteiger partial charge in [-0.2, -0.15) is 5.10 Å². The fourth-order valence-electron chi connectivity index (χ4n) is 3.06. The Morgan fingerprint density at radius 1 is 1.47 bits per heavy atom. The summed E-state index contributed by atoms with van der Waals surface area (Å²) in [6, 6.07) is 0.321. The Hall–Kier alpha value is -0.870. The first-order valence-corrected chi connectivity index (χ1v) is 7.40. The van der Waals surface area contributed by atoms with Gasteiger partial charge in [0, 0.05) is 29.8 Å². The molecule has 1 atom stereocenters. The van der Waals surface area contributed by atoms with Gasteiger partial charge in [-0.3, -0.25) is 4.68 Å². The summed E-state index contributed by atoms with van der Waals surface area (Å²) in [7, 11) is 0. The van der Waals surface area contributed by atoms with Crippen molar-refractivity contribution < 1.29 is 5.11 Å². The largest absolute Gasteiger partial charge is 0.388 e. The molecule has 1 aliphatic carbocycles. The molecule has 0 radical (unpaired) electrons. The molecule has 1 unspecified atom stereocenters. The summed E-state index contributed by atoms with van der Waals surface area (Å²) in [5.74, 6) is 0.755. The van der Waals surface area contributed by atoms with Gasteiger partial charge in [0.1, 0.15) is 0 Å². The first kappa shape index (κ1) is 14.5. The van der Waals surface area contributed by atoms with Gasteiger partial charge in [-0.05, 0) is 32.6 Å². The Labute approximate surface area is 116 Å². The minimum atomic E-state index is -0.488. The van der Waals surface area contributed by atoms with Crippen molar-refractivity contribution >= 4 is 0 Å². The highest BCUT2D eigenvalue weighted by molar-refractivity contribution is 5.13. The van der Waals surface area contributed by atoms with Crippen molar-refractivity contribution in [3.05, 3.63) is 18.0 Å². The van der Waals surface area contributed by atoms with Crippen molar-refractivity contribution in [3.8, 4) is 0 Å². The zero-order valence-corrected chi connectivity index (χ0v) is 12.3. The average Bonchev–Trinajstić information content (AvgIpc) is 2.89. The molecule has 108 valence electrons. The number of aliphatic hydroxyl groups excluding tert-OH is 1. The smallest absolute Gasteiger partial charge is 0.0888 e. The van der Waals surface area contributed by atoms with Crippen LogP contribution in [0.1, 0.15) is 64.2 Å². The lowest BCUT2D eigenvalue weighted by Gasteiger charge is -2.41. The van der Waals surface area contributed by atoms with Gasteiger partial charge in [0.15, 0.2) is 0 Å². The van der Waals surface area contributed by atoms with Crippen molar-refractivity contribution in [2.24, 2.45) is 17.1 Å². The lowest BCUT2D eigenvalue weighted by molar-refractivity contribution is -0.00825. The zero-order valence-electron chi connectivity index (χ0n) is 12.3. The van der Waals surface area contributed by atoms with Gasteiger partial charge < -0.3 is 10.8 Å². The molecule has 1 aromatic heterocycles. The lowest BCUT2D eigenvalue weighted by atomic mass is 9.66. The molecule has 0 aromatic carbocycles. The van der Waals surface area contributed by atoms with E-state index in [-0.39, 0.29) is 5.41 Å². The Balaban J connectivity index is 2.17. The Kier molecular flexibility index (Phi) is 4.31. The van der Waals surface area contributed by atoms with Gasteiger partial charge in [0.2, 0.25) is 0 Å². The van der Waals surface area contributed by atoms with E-state index in [1.54, 1.807) is 6.20 Å². The molecule has 1 aliphatic rings. The highest BCUT2D eigenvalue weighted by Crippen LogP contribution is 2.46. The number of rotatable bonds is 4. The third-order valence-electron chi connectivity index (χ3n) is 4.72. The number of aliphatic hydroxyl groups is 1. The molecule has 1 aromatic rings. The SMILES string of the molecule is CC1CCC(CN)(C(O)c2cnn(C(C)C)c2)CC1. The monoisotopic (exact) mass is 265 g/mol. The van der Waals surface area contributed by atoms with Crippen LogP contribution in [-0.2, 0) is 0 Å². The molecule has 4 nitrogen and oxygen atoms in total. The van der Waals surface area contributed by atoms with Crippen LogP contribution in [0.2, 0.25) is 0 Å². The maximum absolute atomic E-state index is 10.7. The predicted molar refractivity (Wildman–Crippen MR) is 76.7 cm³/mol. The van der Waals surface area contributed by atoms with Gasteiger partial charge in [-0.25, -0.2) is 0 Å². The summed E-state index contributed by atoms with van der Waals surface area (Å²) in [6.45, 7) is 7.01. The second-order valence-corrected chi connectivity index (χ2v) is 6.50. The highest BCUT2D eigenvalue weighted by Gasteiger charge is 2.40. The summed E-state index contributed by atoms with van der Waals surface area (Å²) < 4.78 is 1.90. The molecular formula is C15H27N3O. The maximum atomic E-state index is 10.7. The van der Waals surface area contributed by atoms with Crippen LogP contribution < -0.4 is 5.73 Å². The third-order valence-corrected chi connectivity index (χ3v) is 4.72. The van der Waals surface area contributed by atoms with E-state index in [1.807, 2.05) is 10.9 Å². The molecule has 2 rings (SSSR count). The van der Waals surface area contributed by atoms with Crippen molar-refractivity contribution in [1.82, 2.24) is 9.78 Å². The van der Waals surface area contributed by atoms with E-state index < -0.39 is 6.10 Å². The molecule has 3 N–H and O–H groups in total. The second-order valence-electron chi connectivity index (χ2n) is 6.50. The molecule has 1 saturated carbocycles. The maximum Gasteiger partial charge on any atom is 0.0888 e. The minimum absolute atomic E-state index is 0.155. The predicted octanol–water partition coefficient (Wildman–Crippen LogP) is 2.65. The summed E-state index contributed by atoms with van der Waals surface area (Å²) in [6.07, 6.45) is 7.61. The van der Waals surface area contributed by atoms with E-state index >= 15 is 0 Å². The van der Waals surface area contributed by atoms with Crippen LogP contribution in [0.15, 0.2) is 12.4 Å². The third kappa shape index (κ3) is 2.84. The number of aromatic nitrogens is 2. The first-order chi connectivity index (χ1) is 8.98. The number of nitrogens with two attached hydrogens (primary N) is 1. The van der Waals surface area contributed by atoms with Gasteiger partial charge in [0.05, 0.1) is 12.3 Å². The summed E-state index contributed by atoms with van der Waals surface area (Å²) in [5, 5.41) is 15.1. The van der Waals surface area contributed by atoms with Crippen molar-refractivity contribution in [2.75, 3.05) is 6.54 Å². The first-order valence-electron chi connectivity index (χ1n) is 7.40. The van der Waals surface area contributed by atoms with Crippen LogP contribution in [0, 0.1) is 11.3 Å². The second kappa shape index (κ2) is 5.63. The molecule has 0 bridgehead atoms. The van der Waals surface area contributed by atoms with E-state index in [0.29, 0.717) is 12.6 Å². The summed E-state index contributed by atoms with van der Waals surface area (Å²) in [5.41, 5.74) is 6.76. The number of hydrogen-bond acceptors (Lipinski definition) is 3. The zero-order chi connectivity index (χ0) is 14.0. The molecule has 0 aliphatic heterocycles. The molecule has 0 saturated heterocycles. The average molecular weight is 265 g/mol. The number of nitrogens with zero attached hydrogens (tertiary/aromatic N) is 2. The quantitative estimate of drug-likeness (QED) is 0.879. The molecule has 0 spiro atoms. The van der Waals surface area contributed by atoms with Crippen LogP contribution in [0.4, 0.5) is 0 Å². The van der Waals surface area contributed by atoms with Gasteiger partial charge in [-0.1, -0.05) is 19.8 Å². The fourth-order valence-corrected chi connectivity index (χ4v) is 3.06. The van der Waals surface area contributed by atoms with Gasteiger partial charge in [-0.15, -0.1) is 0 Å². The standard InChI is InChI=1S/C15H27N3O/c1-11(2)18-9-13(8-17-18)14(19)15(10-16)6-4-12(3)5-7-15/h8-9,11-12,14,19H,4-7,10,16H2,1-3H3. The van der Waals surface area contributed by atoms with Crippen LogP contribution in [0.3, 0.4) is 0 Å². The van der Waals surface area contributed by atoms with E-state index in [0.717, 1.165) is 37.2 Å².